The molecule has 4 nitrogen and oxygen atoms in total. The molecule has 0 bridgehead atoms. The maximum Gasteiger partial charge on any atom is 0.255 e. The highest BCUT2D eigenvalue weighted by Crippen LogP contribution is 2.25. The summed E-state index contributed by atoms with van der Waals surface area (Å²) >= 11 is 0. The van der Waals surface area contributed by atoms with Gasteiger partial charge in [-0.05, 0) is 62.2 Å². The number of pyridine rings is 1. The van der Waals surface area contributed by atoms with Crippen LogP contribution in [0.5, 0.6) is 0 Å². The lowest BCUT2D eigenvalue weighted by molar-refractivity contribution is 0.102. The summed E-state index contributed by atoms with van der Waals surface area (Å²) in [7, 11) is 0. The van der Waals surface area contributed by atoms with Crippen molar-refractivity contribution in [2.24, 2.45) is 0 Å². The molecule has 0 saturated heterocycles. The van der Waals surface area contributed by atoms with Gasteiger partial charge in [-0.15, -0.1) is 0 Å². The lowest BCUT2D eigenvalue weighted by Crippen LogP contribution is -2.18. The fourth-order valence-corrected chi connectivity index (χ4v) is 2.92. The Morgan fingerprint density at radius 2 is 1.85 bits per heavy atom. The highest BCUT2D eigenvalue weighted by atomic mass is 16.1. The van der Waals surface area contributed by atoms with E-state index in [-0.39, 0.29) is 5.91 Å². The predicted molar refractivity (Wildman–Crippen MR) is 107 cm³/mol. The van der Waals surface area contributed by atoms with Crippen molar-refractivity contribution in [2.75, 3.05) is 16.8 Å². The van der Waals surface area contributed by atoms with Crippen LogP contribution >= 0.6 is 0 Å². The van der Waals surface area contributed by atoms with Crippen molar-refractivity contribution in [1.29, 1.82) is 0 Å². The maximum absolute atomic E-state index is 12.4. The number of hydrogen-bond acceptors (Lipinski definition) is 3. The number of carbonyl (C=O) groups excluding carboxylic acids is 1. The van der Waals surface area contributed by atoms with Crippen LogP contribution in [0.3, 0.4) is 0 Å². The zero-order valence-corrected chi connectivity index (χ0v) is 15.4. The molecule has 1 heterocycles. The molecule has 26 heavy (non-hydrogen) atoms. The number of aryl methyl sites for hydroxylation is 2. The zero-order valence-electron chi connectivity index (χ0n) is 15.4. The van der Waals surface area contributed by atoms with Crippen LogP contribution in [0.4, 0.5) is 17.2 Å². The van der Waals surface area contributed by atoms with Gasteiger partial charge in [-0.2, -0.15) is 0 Å². The van der Waals surface area contributed by atoms with Crippen LogP contribution in [0.15, 0.2) is 66.9 Å². The second-order valence-electron chi connectivity index (χ2n) is 6.26. The Kier molecular flexibility index (Phi) is 5.32. The average molecular weight is 345 g/mol. The van der Waals surface area contributed by atoms with Crippen molar-refractivity contribution in [3.63, 3.8) is 0 Å². The summed E-state index contributed by atoms with van der Waals surface area (Å²) in [6.45, 7) is 6.91. The topological polar surface area (TPSA) is 45.2 Å². The smallest absolute Gasteiger partial charge is 0.255 e. The molecule has 3 aromatic rings. The Hall–Kier alpha value is -3.14. The molecule has 0 aliphatic heterocycles. The molecule has 0 aliphatic rings. The van der Waals surface area contributed by atoms with E-state index in [4.69, 9.17) is 0 Å². The third-order valence-corrected chi connectivity index (χ3v) is 4.30. The molecule has 0 aliphatic carbocycles. The number of hydrogen-bond donors (Lipinski definition) is 1. The van der Waals surface area contributed by atoms with E-state index in [0.717, 1.165) is 23.6 Å². The molecule has 0 radical (unpaired) electrons. The first-order chi connectivity index (χ1) is 12.6. The second kappa shape index (κ2) is 7.83. The number of benzene rings is 2. The van der Waals surface area contributed by atoms with Gasteiger partial charge in [-0.25, -0.2) is 4.98 Å². The van der Waals surface area contributed by atoms with Crippen LogP contribution in [0.1, 0.15) is 28.4 Å². The average Bonchev–Trinajstić information content (AvgIpc) is 2.64. The monoisotopic (exact) mass is 345 g/mol. The first-order valence-corrected chi connectivity index (χ1v) is 8.75. The van der Waals surface area contributed by atoms with Gasteiger partial charge in [-0.1, -0.05) is 30.3 Å². The van der Waals surface area contributed by atoms with Gasteiger partial charge in [0.25, 0.3) is 5.91 Å². The molecule has 3 rings (SSSR count). The molecule has 0 unspecified atom stereocenters. The van der Waals surface area contributed by atoms with Gasteiger partial charge in [0, 0.05) is 17.8 Å². The number of amides is 1. The van der Waals surface area contributed by atoms with Gasteiger partial charge in [-0.3, -0.25) is 4.79 Å². The third kappa shape index (κ3) is 3.91. The van der Waals surface area contributed by atoms with Gasteiger partial charge in [0.1, 0.15) is 5.82 Å². The molecule has 1 aromatic heterocycles. The van der Waals surface area contributed by atoms with E-state index in [9.17, 15) is 4.79 Å². The predicted octanol–water partition coefficient (Wildman–Crippen LogP) is 5.11. The quantitative estimate of drug-likeness (QED) is 0.699. The van der Waals surface area contributed by atoms with Gasteiger partial charge in [0.2, 0.25) is 0 Å². The standard InChI is InChI=1S/C22H23N3O/c1-4-25(19-10-7-8-16(2)14-19)21-13-12-18(15-23-21)24-22(26)20-11-6-5-9-17(20)3/h5-15H,4H2,1-3H3,(H,24,26). The third-order valence-electron chi connectivity index (χ3n) is 4.30. The van der Waals surface area contributed by atoms with Crippen LogP contribution in [0.2, 0.25) is 0 Å². The maximum atomic E-state index is 12.4. The van der Waals surface area contributed by atoms with E-state index in [2.05, 4.69) is 47.2 Å². The lowest BCUT2D eigenvalue weighted by Gasteiger charge is -2.22. The molecule has 0 spiro atoms. The minimum absolute atomic E-state index is 0.122. The van der Waals surface area contributed by atoms with Gasteiger partial charge in [0.15, 0.2) is 0 Å². The number of carbonyl (C=O) groups is 1. The Bertz CT molecular complexity index is 903. The summed E-state index contributed by atoms with van der Waals surface area (Å²) in [6, 6.07) is 19.7. The van der Waals surface area contributed by atoms with Crippen LogP contribution in [-0.4, -0.2) is 17.4 Å². The van der Waals surface area contributed by atoms with Gasteiger partial charge < -0.3 is 10.2 Å². The van der Waals surface area contributed by atoms with Crippen molar-refractivity contribution >= 4 is 23.1 Å². The number of anilines is 3. The zero-order chi connectivity index (χ0) is 18.5. The molecule has 0 atom stereocenters. The SMILES string of the molecule is CCN(c1cccc(C)c1)c1ccc(NC(=O)c2ccccc2C)cn1. The fourth-order valence-electron chi connectivity index (χ4n) is 2.92. The van der Waals surface area contributed by atoms with Crippen LogP contribution in [0.25, 0.3) is 0 Å². The van der Waals surface area contributed by atoms with E-state index in [1.807, 2.05) is 49.4 Å². The van der Waals surface area contributed by atoms with Crippen molar-refractivity contribution < 1.29 is 4.79 Å². The Morgan fingerprint density at radius 3 is 2.50 bits per heavy atom. The van der Waals surface area contributed by atoms with E-state index in [0.29, 0.717) is 11.3 Å². The number of nitrogens with zero attached hydrogens (tertiary/aromatic N) is 2. The molecule has 0 fully saturated rings. The van der Waals surface area contributed by atoms with Crippen LogP contribution in [-0.2, 0) is 0 Å². The normalized spacial score (nSPS) is 10.4. The molecule has 0 saturated carbocycles. The highest BCUT2D eigenvalue weighted by Gasteiger charge is 2.11. The summed E-state index contributed by atoms with van der Waals surface area (Å²) in [4.78, 5) is 19.1. The molecule has 1 amide bonds. The molecular formula is C22H23N3O. The first-order valence-electron chi connectivity index (χ1n) is 8.75. The van der Waals surface area contributed by atoms with E-state index >= 15 is 0 Å². The summed E-state index contributed by atoms with van der Waals surface area (Å²) in [5.74, 6) is 0.732. The Morgan fingerprint density at radius 1 is 1.04 bits per heavy atom. The minimum Gasteiger partial charge on any atom is -0.327 e. The van der Waals surface area contributed by atoms with E-state index in [1.165, 1.54) is 5.56 Å². The summed E-state index contributed by atoms with van der Waals surface area (Å²) in [6.07, 6.45) is 1.70. The van der Waals surface area contributed by atoms with Gasteiger partial charge in [0.05, 0.1) is 11.9 Å². The summed E-state index contributed by atoms with van der Waals surface area (Å²) in [5, 5.41) is 2.91. The Balaban J connectivity index is 1.77. The van der Waals surface area contributed by atoms with E-state index in [1.54, 1.807) is 6.20 Å². The number of nitrogens with one attached hydrogen (secondary N) is 1. The van der Waals surface area contributed by atoms with Crippen molar-refractivity contribution in [2.45, 2.75) is 20.8 Å². The lowest BCUT2D eigenvalue weighted by atomic mass is 10.1. The molecule has 1 N–H and O–H groups in total. The number of aromatic nitrogens is 1. The summed E-state index contributed by atoms with van der Waals surface area (Å²) < 4.78 is 0. The minimum atomic E-state index is -0.122. The largest absolute Gasteiger partial charge is 0.327 e. The molecule has 2 aromatic carbocycles. The first kappa shape index (κ1) is 17.7. The fraction of sp³-hybridized carbons (Fsp3) is 0.182. The Labute approximate surface area is 154 Å². The van der Waals surface area contributed by atoms with Gasteiger partial charge >= 0.3 is 0 Å². The number of rotatable bonds is 5. The van der Waals surface area contributed by atoms with Crippen molar-refractivity contribution in [3.05, 3.63) is 83.6 Å². The van der Waals surface area contributed by atoms with Crippen molar-refractivity contribution in [3.8, 4) is 0 Å². The van der Waals surface area contributed by atoms with Crippen LogP contribution < -0.4 is 10.2 Å². The molecule has 4 heteroatoms. The van der Waals surface area contributed by atoms with Crippen molar-refractivity contribution in [1.82, 2.24) is 4.98 Å². The summed E-state index contributed by atoms with van der Waals surface area (Å²) in [5.41, 5.74) is 4.62. The molecule has 132 valence electrons. The second-order valence-corrected chi connectivity index (χ2v) is 6.26. The molecular weight excluding hydrogens is 322 g/mol. The van der Waals surface area contributed by atoms with Crippen LogP contribution in [0, 0.1) is 13.8 Å². The van der Waals surface area contributed by atoms with E-state index < -0.39 is 0 Å². The highest BCUT2D eigenvalue weighted by molar-refractivity contribution is 6.05.